The van der Waals surface area contributed by atoms with Gasteiger partial charge in [-0.2, -0.15) is 0 Å². The summed E-state index contributed by atoms with van der Waals surface area (Å²) in [6, 6.07) is 0. The highest BCUT2D eigenvalue weighted by atomic mass is 16.5. The summed E-state index contributed by atoms with van der Waals surface area (Å²) >= 11 is 0. The van der Waals surface area contributed by atoms with E-state index in [9.17, 15) is 24.3 Å². The van der Waals surface area contributed by atoms with Crippen molar-refractivity contribution in [3.05, 3.63) is 0 Å². The lowest BCUT2D eigenvalue weighted by molar-refractivity contribution is -0.158. The number of Topliss-reactive ketones (excluding diaryl/α,β-unsaturated/α-hetero) is 1. The van der Waals surface area contributed by atoms with E-state index >= 15 is 0 Å². The van der Waals surface area contributed by atoms with Crippen molar-refractivity contribution in [1.29, 1.82) is 0 Å². The number of rotatable bonds is 12. The van der Waals surface area contributed by atoms with E-state index in [1.807, 2.05) is 0 Å². The van der Waals surface area contributed by atoms with Crippen molar-refractivity contribution in [2.45, 2.75) is 301 Å². The molecule has 0 radical (unpaired) electrons. The number of carbonyl (C=O) groups is 4. The Morgan fingerprint density at radius 2 is 0.759 bits per heavy atom. The average Bonchev–Trinajstić information content (AvgIpc) is 1.75. The molecule has 0 aliphatic heterocycles. The average molecular weight is 1210 g/mol. The molecular formula is C79H132O8. The van der Waals surface area contributed by atoms with Gasteiger partial charge in [0.25, 0.3) is 0 Å². The maximum atomic E-state index is 13.5. The van der Waals surface area contributed by atoms with Gasteiger partial charge >= 0.3 is 17.9 Å². The molecule has 8 nitrogen and oxygen atoms in total. The molecule has 1 N–H and O–H groups in total. The molecule has 0 amide bonds. The van der Waals surface area contributed by atoms with Gasteiger partial charge in [-0.05, 0) is 312 Å². The zero-order valence-corrected chi connectivity index (χ0v) is 58.5. The first-order valence-corrected chi connectivity index (χ1v) is 37.7. The second-order valence-electron chi connectivity index (χ2n) is 35.8. The number of hydrogen-bond acceptors (Lipinski definition) is 8. The number of aliphatic hydroxyl groups excluding tert-OH is 1. The second kappa shape index (κ2) is 27.2. The first-order valence-electron chi connectivity index (χ1n) is 37.7. The molecule has 12 fully saturated rings. The van der Waals surface area contributed by atoms with Gasteiger partial charge in [0.15, 0.2) is 0 Å². The van der Waals surface area contributed by atoms with Gasteiger partial charge in [-0.25, -0.2) is 0 Å². The third-order valence-corrected chi connectivity index (χ3v) is 32.2. The number of hydrogen-bond donors (Lipinski definition) is 1. The lowest BCUT2D eigenvalue weighted by Crippen LogP contribution is -2.57. The van der Waals surface area contributed by atoms with E-state index < -0.39 is 0 Å². The number of esters is 3. The summed E-state index contributed by atoms with van der Waals surface area (Å²) in [4.78, 5) is 48.5. The quantitative estimate of drug-likeness (QED) is 0.152. The monoisotopic (exact) mass is 1210 g/mol. The van der Waals surface area contributed by atoms with Crippen LogP contribution in [0, 0.1) is 151 Å². The summed E-state index contributed by atoms with van der Waals surface area (Å²) < 4.78 is 14.7. The van der Waals surface area contributed by atoms with Crippen LogP contribution in [0.4, 0.5) is 0 Å². The molecule has 0 saturated heterocycles. The molecular weight excluding hydrogens is 1080 g/mol. The molecule has 0 bridgehead atoms. The van der Waals surface area contributed by atoms with Crippen molar-refractivity contribution in [1.82, 2.24) is 0 Å². The number of methoxy groups -OCH3 is 3. The SMILES string of the molecule is COC(=O)CC[C@@H](C)[C@H]1CC[C@H]2[C@@H]3C(=O)C[C@@H]4C[C@H](C)CC[C@]4(C)C3CC[C@]12C.COC(=O)CC[C@@H](C)[C@H]1CC[C@H]2[C@@H]3CCC[C@@H]4C[C@H](C)CC[C@]4(C)C3CC[C@]12C.COC(=O)CC[C@@H](C)[C@H]1CC[C@H]2[C@@H]3CCC[C@@H]4C[C@H](O)CC[C@]4(C)C3CC[C@]12C. The fourth-order valence-electron chi connectivity index (χ4n) is 27.1. The minimum Gasteiger partial charge on any atom is -0.469 e. The van der Waals surface area contributed by atoms with Crippen LogP contribution in [-0.4, -0.2) is 56.2 Å². The second-order valence-corrected chi connectivity index (χ2v) is 35.8. The van der Waals surface area contributed by atoms with Crippen LogP contribution in [0.15, 0.2) is 0 Å². The molecule has 12 aliphatic carbocycles. The van der Waals surface area contributed by atoms with Crippen LogP contribution in [0.5, 0.6) is 0 Å². The largest absolute Gasteiger partial charge is 0.469 e. The number of ether oxygens (including phenoxy) is 3. The summed E-state index contributed by atoms with van der Waals surface area (Å²) in [5.41, 5.74) is 2.70. The van der Waals surface area contributed by atoms with E-state index in [0.29, 0.717) is 99.5 Å². The molecule has 0 aromatic carbocycles. The zero-order chi connectivity index (χ0) is 62.6. The van der Waals surface area contributed by atoms with Crippen LogP contribution in [0.25, 0.3) is 0 Å². The van der Waals surface area contributed by atoms with E-state index in [4.69, 9.17) is 14.2 Å². The van der Waals surface area contributed by atoms with Crippen LogP contribution >= 0.6 is 0 Å². The Hall–Kier alpha value is -1.96. The Bertz CT molecular complexity index is 2260. The molecule has 12 rings (SSSR count). The van der Waals surface area contributed by atoms with Gasteiger partial charge in [0.05, 0.1) is 27.4 Å². The minimum absolute atomic E-state index is 0.0329. The summed E-state index contributed by atoms with van der Waals surface area (Å²) in [6.45, 7) is 27.6. The van der Waals surface area contributed by atoms with Gasteiger partial charge in [-0.3, -0.25) is 19.2 Å². The lowest BCUT2D eigenvalue weighted by Gasteiger charge is -2.60. The number of aliphatic hydroxyl groups is 1. The molecule has 0 aromatic heterocycles. The van der Waals surface area contributed by atoms with Crippen LogP contribution in [0.3, 0.4) is 0 Å². The van der Waals surface area contributed by atoms with E-state index in [0.717, 1.165) is 110 Å². The third kappa shape index (κ3) is 12.8. The van der Waals surface area contributed by atoms with Gasteiger partial charge in [0.1, 0.15) is 5.78 Å². The topological polar surface area (TPSA) is 116 Å². The van der Waals surface area contributed by atoms with Crippen LogP contribution in [0.1, 0.15) is 294 Å². The first-order chi connectivity index (χ1) is 41.3. The Balaban J connectivity index is 0.000000144. The Kier molecular flexibility index (Phi) is 21.2. The molecule has 0 spiro atoms. The summed E-state index contributed by atoms with van der Waals surface area (Å²) in [5, 5.41) is 10.3. The number of fused-ring (bicyclic) bond motifs is 15. The van der Waals surface area contributed by atoms with Crippen molar-refractivity contribution >= 4 is 23.7 Å². The smallest absolute Gasteiger partial charge is 0.305 e. The van der Waals surface area contributed by atoms with Crippen molar-refractivity contribution < 1.29 is 38.5 Å². The fourth-order valence-corrected chi connectivity index (χ4v) is 27.1. The van der Waals surface area contributed by atoms with Gasteiger partial charge in [0.2, 0.25) is 0 Å². The van der Waals surface area contributed by atoms with Crippen molar-refractivity contribution in [3.8, 4) is 0 Å². The van der Waals surface area contributed by atoms with Gasteiger partial charge in [-0.1, -0.05) is 102 Å². The summed E-state index contributed by atoms with van der Waals surface area (Å²) in [6.07, 6.45) is 41.9. The van der Waals surface area contributed by atoms with E-state index in [2.05, 4.69) is 76.2 Å². The minimum atomic E-state index is -0.0896. The summed E-state index contributed by atoms with van der Waals surface area (Å²) in [5.74, 6) is 15.5. The summed E-state index contributed by atoms with van der Waals surface area (Å²) in [7, 11) is 4.51. The predicted octanol–water partition coefficient (Wildman–Crippen LogP) is 19.3. The molecule has 27 atom stereocenters. The van der Waals surface area contributed by atoms with E-state index in [1.54, 1.807) is 0 Å². The molecule has 0 heterocycles. The highest BCUT2D eigenvalue weighted by Crippen LogP contribution is 2.71. The maximum Gasteiger partial charge on any atom is 0.305 e. The molecule has 3 unspecified atom stereocenters. The van der Waals surface area contributed by atoms with Crippen molar-refractivity contribution in [3.63, 3.8) is 0 Å². The Morgan fingerprint density at radius 1 is 0.425 bits per heavy atom. The third-order valence-electron chi connectivity index (χ3n) is 32.2. The predicted molar refractivity (Wildman–Crippen MR) is 351 cm³/mol. The normalized spacial score (nSPS) is 47.9. The molecule has 0 aromatic rings. The fraction of sp³-hybridized carbons (Fsp3) is 0.949. The van der Waals surface area contributed by atoms with E-state index in [1.165, 1.54) is 182 Å². The molecule has 8 heteroatoms. The molecule has 12 saturated carbocycles. The zero-order valence-electron chi connectivity index (χ0n) is 58.5. The van der Waals surface area contributed by atoms with Gasteiger partial charge in [0, 0.05) is 31.6 Å². The lowest BCUT2D eigenvalue weighted by atomic mass is 9.43. The molecule has 12 aliphatic rings. The number of carbonyl (C=O) groups excluding carboxylic acids is 4. The van der Waals surface area contributed by atoms with Crippen molar-refractivity contribution in [2.24, 2.45) is 151 Å². The van der Waals surface area contributed by atoms with Gasteiger partial charge in [-0.15, -0.1) is 0 Å². The Labute approximate surface area is 532 Å². The standard InChI is InChI=1S/C27H46O2.C26H42O3.C26H44O3/c1-18-13-15-26(3)20(17-18)7-6-8-21-23-11-10-22(19(2)9-12-25(28)29-5)27(23,4)16-14-24(21)26;1-16-10-12-25(3)18(14-16)15-22(27)24-20-8-7-19(17(2)6-9-23(28)29-5)26(20,4)13-11-21(24)25;1-17(8-11-24(28)29-4)21-9-10-22-20-7-5-6-18-16-19(27)12-14-25(18,2)23(20)13-15-26(21,22)3/h18-24H,6-17H2,1-5H3;16-21,24H,6-15H2,1-5H3;17-23,27H,5-16H2,1-4H3/t18-,19-,20-,21+,22-,23+,24?,26+,27-;16-,17-,18+,19-,20+,21?,24+,25+,26-;17-,18-,19-,20+,21-,22+,23?,25+,26-/m111/s1. The maximum absolute atomic E-state index is 13.5. The first kappa shape index (κ1) is 67.9. The molecule has 496 valence electrons. The highest BCUT2D eigenvalue weighted by Gasteiger charge is 2.65. The number of ketones is 1. The van der Waals surface area contributed by atoms with Crippen LogP contribution < -0.4 is 0 Å². The highest BCUT2D eigenvalue weighted by molar-refractivity contribution is 5.83. The van der Waals surface area contributed by atoms with Crippen LogP contribution in [0.2, 0.25) is 0 Å². The Morgan fingerprint density at radius 3 is 1.20 bits per heavy atom. The van der Waals surface area contributed by atoms with Crippen molar-refractivity contribution in [2.75, 3.05) is 21.3 Å². The molecule has 87 heavy (non-hydrogen) atoms. The van der Waals surface area contributed by atoms with Gasteiger partial charge < -0.3 is 19.3 Å². The van der Waals surface area contributed by atoms with E-state index in [-0.39, 0.29) is 29.4 Å². The van der Waals surface area contributed by atoms with Crippen LogP contribution in [-0.2, 0) is 33.4 Å².